The maximum atomic E-state index is 13.3. The van der Waals surface area contributed by atoms with E-state index in [1.54, 1.807) is 12.1 Å². The molecule has 0 spiro atoms. The third kappa shape index (κ3) is 8.55. The number of piperidine rings is 1. The van der Waals surface area contributed by atoms with Crippen molar-refractivity contribution in [3.8, 4) is 16.9 Å². The Hall–Kier alpha value is -3.70. The Balaban J connectivity index is 1.45. The first-order valence-electron chi connectivity index (χ1n) is 16.8. The topological polar surface area (TPSA) is 75.1 Å². The summed E-state index contributed by atoms with van der Waals surface area (Å²) in [6.07, 6.45) is -6.93. The molecule has 1 aromatic heterocycles. The van der Waals surface area contributed by atoms with Gasteiger partial charge in [0.1, 0.15) is 5.75 Å². The van der Waals surface area contributed by atoms with Crippen molar-refractivity contribution in [3.63, 3.8) is 0 Å². The fourth-order valence-electron chi connectivity index (χ4n) is 6.78. The summed E-state index contributed by atoms with van der Waals surface area (Å²) in [5.74, 6) is -1.37. The van der Waals surface area contributed by atoms with Gasteiger partial charge in [0.15, 0.2) is 6.10 Å². The second kappa shape index (κ2) is 13.9. The van der Waals surface area contributed by atoms with E-state index in [-0.39, 0.29) is 11.2 Å². The van der Waals surface area contributed by atoms with Gasteiger partial charge >= 0.3 is 18.5 Å². The van der Waals surface area contributed by atoms with Gasteiger partial charge < -0.3 is 19.5 Å². The largest absolute Gasteiger partial charge is 0.479 e. The molecule has 0 unspecified atom stereocenters. The highest BCUT2D eigenvalue weighted by Gasteiger charge is 2.44. The second-order valence-electron chi connectivity index (χ2n) is 15.1. The molecule has 49 heavy (non-hydrogen) atoms. The zero-order chi connectivity index (χ0) is 35.9. The molecule has 11 heteroatoms. The summed E-state index contributed by atoms with van der Waals surface area (Å²) < 4.78 is 62.0. The smallest absolute Gasteiger partial charge is 0.461 e. The average molecular weight is 686 g/mol. The number of carbonyl (C=O) groups is 1. The number of ether oxygens (including phenoxy) is 2. The van der Waals surface area contributed by atoms with Crippen LogP contribution in [0.25, 0.3) is 11.1 Å². The van der Waals surface area contributed by atoms with Crippen LogP contribution in [0.3, 0.4) is 0 Å². The number of hydrogen-bond acceptors (Lipinski definition) is 6. The summed E-state index contributed by atoms with van der Waals surface area (Å²) in [5.41, 5.74) is 7.56. The number of benzene rings is 2. The number of alkyl halides is 4. The van der Waals surface area contributed by atoms with Gasteiger partial charge in [0.25, 0.3) is 0 Å². The maximum Gasteiger partial charge on any atom is 0.461 e. The molecule has 266 valence electrons. The Morgan fingerprint density at radius 1 is 0.980 bits per heavy atom. The van der Waals surface area contributed by atoms with Crippen LogP contribution < -0.4 is 9.64 Å². The lowest BCUT2D eigenvalue weighted by Gasteiger charge is -2.41. The number of carboxylic acids is 1. The quantitative estimate of drug-likeness (QED) is 0.214. The zero-order valence-electron chi connectivity index (χ0n) is 29.4. The fraction of sp³-hybridized carbons (Fsp3) is 0.526. The minimum Gasteiger partial charge on any atom is -0.479 e. The molecular weight excluding hydrogens is 638 g/mol. The molecule has 5 rings (SSSR count). The molecule has 1 fully saturated rings. The minimum atomic E-state index is -4.55. The highest BCUT2D eigenvalue weighted by Crippen LogP contribution is 2.45. The van der Waals surface area contributed by atoms with Crippen molar-refractivity contribution >= 4 is 11.7 Å². The number of halogens is 4. The van der Waals surface area contributed by atoms with Gasteiger partial charge in [-0.15, -0.1) is 0 Å². The van der Waals surface area contributed by atoms with E-state index in [1.807, 2.05) is 34.6 Å². The lowest BCUT2D eigenvalue weighted by atomic mass is 9.81. The predicted octanol–water partition coefficient (Wildman–Crippen LogP) is 8.73. The summed E-state index contributed by atoms with van der Waals surface area (Å²) in [4.78, 5) is 22.3. The summed E-state index contributed by atoms with van der Waals surface area (Å²) in [6.45, 7) is 17.5. The van der Waals surface area contributed by atoms with E-state index < -0.39 is 30.2 Å². The van der Waals surface area contributed by atoms with Gasteiger partial charge in [0.2, 0.25) is 0 Å². The molecule has 0 aliphatic carbocycles. The molecule has 0 bridgehead atoms. The maximum absolute atomic E-state index is 13.3. The molecular formula is C38H47F4N3O4. The lowest BCUT2D eigenvalue weighted by Crippen LogP contribution is -2.39. The van der Waals surface area contributed by atoms with Crippen molar-refractivity contribution in [3.05, 3.63) is 76.1 Å². The van der Waals surface area contributed by atoms with Crippen LogP contribution in [-0.4, -0.2) is 58.7 Å². The number of nitrogens with zero attached hydrogens (tertiary/aromatic N) is 3. The van der Waals surface area contributed by atoms with Gasteiger partial charge in [0.05, 0.1) is 11.3 Å². The number of rotatable bonds is 10. The lowest BCUT2D eigenvalue weighted by molar-refractivity contribution is -0.253. The molecule has 1 N–H and O–H groups in total. The Morgan fingerprint density at radius 3 is 2.22 bits per heavy atom. The van der Waals surface area contributed by atoms with Crippen molar-refractivity contribution in [2.75, 3.05) is 24.5 Å². The van der Waals surface area contributed by atoms with Crippen LogP contribution in [0.15, 0.2) is 42.5 Å². The first-order valence-corrected chi connectivity index (χ1v) is 16.8. The first kappa shape index (κ1) is 36.6. The van der Waals surface area contributed by atoms with Crippen LogP contribution >= 0.6 is 0 Å². The van der Waals surface area contributed by atoms with E-state index in [0.717, 1.165) is 72.5 Å². The number of aliphatic carboxylic acids is 1. The Labute approximate surface area is 286 Å². The Morgan fingerprint density at radius 2 is 1.63 bits per heavy atom. The molecule has 3 aromatic rings. The molecule has 1 saturated heterocycles. The van der Waals surface area contributed by atoms with Crippen molar-refractivity contribution in [1.29, 1.82) is 0 Å². The van der Waals surface area contributed by atoms with E-state index >= 15 is 0 Å². The standard InChI is InChI=1S/C38H47F4N3O4/c1-23-30(32(45-18-15-37(6,7)16-19-45)31(24(2)43-23)33(34(46)47)49-36(3,4)5)27-10-11-28-22-44(17-14-26(28)20-27)21-25-8-12-29(13-9-25)48-38(41,42)35(39)40/h8-13,20,33,35H,14-19,21-22H2,1-7H3,(H,46,47)/t33-/m0/s1. The van der Waals surface area contributed by atoms with Crippen molar-refractivity contribution in [2.45, 2.75) is 105 Å². The van der Waals surface area contributed by atoms with Gasteiger partial charge in [-0.05, 0) is 93.7 Å². The summed E-state index contributed by atoms with van der Waals surface area (Å²) >= 11 is 0. The van der Waals surface area contributed by atoms with E-state index in [9.17, 15) is 27.5 Å². The second-order valence-corrected chi connectivity index (χ2v) is 15.1. The van der Waals surface area contributed by atoms with Crippen LogP contribution in [0, 0.1) is 19.3 Å². The Bertz CT molecular complexity index is 1660. The molecule has 7 nitrogen and oxygen atoms in total. The minimum absolute atomic E-state index is 0.193. The summed E-state index contributed by atoms with van der Waals surface area (Å²) in [6, 6.07) is 12.2. The monoisotopic (exact) mass is 685 g/mol. The fourth-order valence-corrected chi connectivity index (χ4v) is 6.78. The summed E-state index contributed by atoms with van der Waals surface area (Å²) in [7, 11) is 0. The van der Waals surface area contributed by atoms with Crippen molar-refractivity contribution < 1.29 is 36.9 Å². The molecule has 2 aromatic carbocycles. The van der Waals surface area contributed by atoms with Crippen LogP contribution in [-0.2, 0) is 29.0 Å². The number of aromatic nitrogens is 1. The highest BCUT2D eigenvalue weighted by atomic mass is 19.3. The van der Waals surface area contributed by atoms with Gasteiger partial charge in [0, 0.05) is 55.2 Å². The van der Waals surface area contributed by atoms with Gasteiger partial charge in [-0.2, -0.15) is 17.6 Å². The number of hydrogen-bond donors (Lipinski definition) is 1. The van der Waals surface area contributed by atoms with Gasteiger partial charge in [-0.25, -0.2) is 4.79 Å². The van der Waals surface area contributed by atoms with Crippen LogP contribution in [0.2, 0.25) is 0 Å². The van der Waals surface area contributed by atoms with Crippen molar-refractivity contribution in [2.24, 2.45) is 5.41 Å². The normalized spacial score (nSPS) is 17.6. The van der Waals surface area contributed by atoms with Crippen LogP contribution in [0.1, 0.15) is 87.2 Å². The summed E-state index contributed by atoms with van der Waals surface area (Å²) in [5, 5.41) is 10.5. The molecule has 0 amide bonds. The zero-order valence-corrected chi connectivity index (χ0v) is 29.4. The number of anilines is 1. The number of aryl methyl sites for hydroxylation is 2. The van der Waals surface area contributed by atoms with Crippen LogP contribution in [0.4, 0.5) is 23.2 Å². The van der Waals surface area contributed by atoms with E-state index in [4.69, 9.17) is 9.72 Å². The molecule has 2 aliphatic rings. The number of pyridine rings is 1. The number of carboxylic acid groups (broad SMARTS) is 1. The average Bonchev–Trinajstić information content (AvgIpc) is 3.00. The van der Waals surface area contributed by atoms with Gasteiger partial charge in [-0.1, -0.05) is 44.2 Å². The highest BCUT2D eigenvalue weighted by molar-refractivity contribution is 5.88. The third-order valence-corrected chi connectivity index (χ3v) is 9.39. The first-order chi connectivity index (χ1) is 22.8. The van der Waals surface area contributed by atoms with E-state index in [2.05, 4.69) is 46.6 Å². The third-order valence-electron chi connectivity index (χ3n) is 9.39. The SMILES string of the molecule is Cc1nc(C)c([C@H](OC(C)(C)C)C(=O)O)c(N2CCC(C)(C)CC2)c1-c1ccc2c(c1)CCN(Cc1ccc(OC(F)(F)C(F)F)cc1)C2. The van der Waals surface area contributed by atoms with E-state index in [1.165, 1.54) is 17.7 Å². The van der Waals surface area contributed by atoms with E-state index in [0.29, 0.717) is 24.3 Å². The van der Waals surface area contributed by atoms with Crippen molar-refractivity contribution in [1.82, 2.24) is 9.88 Å². The molecule has 3 heterocycles. The Kier molecular flexibility index (Phi) is 10.4. The predicted molar refractivity (Wildman–Crippen MR) is 181 cm³/mol. The number of fused-ring (bicyclic) bond motifs is 1. The molecule has 0 radical (unpaired) electrons. The molecule has 2 aliphatic heterocycles. The molecule has 0 saturated carbocycles. The van der Waals surface area contributed by atoms with Crippen LogP contribution in [0.5, 0.6) is 5.75 Å². The molecule has 1 atom stereocenters. The van der Waals surface area contributed by atoms with Gasteiger partial charge in [-0.3, -0.25) is 9.88 Å².